The summed E-state index contributed by atoms with van der Waals surface area (Å²) in [5.74, 6) is -0.140. The van der Waals surface area contributed by atoms with Crippen LogP contribution in [-0.4, -0.2) is 58.2 Å². The minimum atomic E-state index is -0.907. The molecule has 0 saturated carbocycles. The fourth-order valence-electron chi connectivity index (χ4n) is 3.42. The minimum absolute atomic E-state index is 0.0628. The molecule has 2 aromatic carbocycles. The van der Waals surface area contributed by atoms with Crippen LogP contribution >= 0.6 is 0 Å². The molecule has 1 unspecified atom stereocenters. The van der Waals surface area contributed by atoms with Crippen molar-refractivity contribution in [2.24, 2.45) is 0 Å². The summed E-state index contributed by atoms with van der Waals surface area (Å²) in [5.41, 5.74) is 0.733. The fraction of sp³-hybridized carbons (Fsp3) is 0.350. The first-order valence-corrected chi connectivity index (χ1v) is 8.48. The molecule has 25 heavy (non-hydrogen) atoms. The molecule has 5 nitrogen and oxygen atoms in total. The summed E-state index contributed by atoms with van der Waals surface area (Å²) in [7, 11) is 1.68. The maximum absolute atomic E-state index is 12.5. The second kappa shape index (κ2) is 7.25. The summed E-state index contributed by atoms with van der Waals surface area (Å²) in [6, 6.07) is 16.5. The smallest absolute Gasteiger partial charge is 0.253 e. The lowest BCUT2D eigenvalue weighted by Gasteiger charge is -2.29. The first-order chi connectivity index (χ1) is 12.0. The van der Waals surface area contributed by atoms with Crippen molar-refractivity contribution in [3.05, 3.63) is 65.7 Å². The van der Waals surface area contributed by atoms with Gasteiger partial charge in [-0.1, -0.05) is 36.4 Å². The summed E-state index contributed by atoms with van der Waals surface area (Å²) in [4.78, 5) is 16.2. The van der Waals surface area contributed by atoms with E-state index in [1.807, 2.05) is 18.2 Å². The number of aliphatic hydroxyl groups is 1. The van der Waals surface area contributed by atoms with Crippen LogP contribution in [0.15, 0.2) is 54.6 Å². The Bertz CT molecular complexity index is 735. The van der Waals surface area contributed by atoms with E-state index in [0.29, 0.717) is 18.5 Å². The number of likely N-dealkylation sites (tertiary alicyclic amines) is 1. The molecule has 1 amide bonds. The highest BCUT2D eigenvalue weighted by Crippen LogP contribution is 2.24. The van der Waals surface area contributed by atoms with Crippen LogP contribution in [0.4, 0.5) is 0 Å². The average molecular weight is 340 g/mol. The van der Waals surface area contributed by atoms with Crippen LogP contribution in [-0.2, 0) is 6.54 Å². The molecular formula is C20H24N2O3. The lowest BCUT2D eigenvalue weighted by atomic mass is 10.0. The number of nitrogens with zero attached hydrogens (tertiary/aromatic N) is 2. The van der Waals surface area contributed by atoms with Crippen LogP contribution in [0.1, 0.15) is 22.3 Å². The lowest BCUT2D eigenvalue weighted by Crippen LogP contribution is -2.45. The predicted molar refractivity (Wildman–Crippen MR) is 96.4 cm³/mol. The van der Waals surface area contributed by atoms with Gasteiger partial charge in [0.1, 0.15) is 5.75 Å². The van der Waals surface area contributed by atoms with Crippen molar-refractivity contribution in [1.29, 1.82) is 0 Å². The third-order valence-electron chi connectivity index (χ3n) is 4.63. The normalized spacial score (nSPS) is 20.6. The Morgan fingerprint density at radius 3 is 2.68 bits per heavy atom. The van der Waals surface area contributed by atoms with Gasteiger partial charge in [0.25, 0.3) is 5.91 Å². The number of rotatable bonds is 5. The molecule has 1 heterocycles. The van der Waals surface area contributed by atoms with E-state index in [1.54, 1.807) is 19.2 Å². The van der Waals surface area contributed by atoms with E-state index in [1.165, 1.54) is 22.6 Å². The van der Waals surface area contributed by atoms with Crippen molar-refractivity contribution >= 4 is 5.91 Å². The third kappa shape index (κ3) is 4.38. The summed E-state index contributed by atoms with van der Waals surface area (Å²) < 4.78 is 0. The van der Waals surface area contributed by atoms with Gasteiger partial charge in [-0.3, -0.25) is 9.69 Å². The molecule has 0 bridgehead atoms. The van der Waals surface area contributed by atoms with E-state index < -0.39 is 5.60 Å². The van der Waals surface area contributed by atoms with Gasteiger partial charge in [-0.15, -0.1) is 0 Å². The molecule has 0 aliphatic carbocycles. The second-order valence-corrected chi connectivity index (χ2v) is 6.88. The second-order valence-electron chi connectivity index (χ2n) is 6.88. The zero-order valence-electron chi connectivity index (χ0n) is 14.4. The number of amides is 1. The number of phenols is 1. The number of likely N-dealkylation sites (N-methyl/N-ethyl adjacent to an activating group) is 1. The summed E-state index contributed by atoms with van der Waals surface area (Å²) in [6.45, 7) is 2.42. The standard InChI is InChI=1S/C20H24N2O3/c1-21(19(24)17-8-5-9-18(23)12-17)14-20(25)10-11-22(15-20)13-16-6-3-2-4-7-16/h2-9,12,23,25H,10-11,13-15H2,1H3. The summed E-state index contributed by atoms with van der Waals surface area (Å²) in [6.07, 6.45) is 0.636. The summed E-state index contributed by atoms with van der Waals surface area (Å²) >= 11 is 0. The van der Waals surface area contributed by atoms with E-state index in [2.05, 4.69) is 17.0 Å². The van der Waals surface area contributed by atoms with Gasteiger partial charge in [0.2, 0.25) is 0 Å². The van der Waals surface area contributed by atoms with Crippen LogP contribution in [0, 0.1) is 0 Å². The molecule has 2 aromatic rings. The first kappa shape index (κ1) is 17.5. The zero-order valence-corrected chi connectivity index (χ0v) is 14.4. The molecular weight excluding hydrogens is 316 g/mol. The Morgan fingerprint density at radius 1 is 1.20 bits per heavy atom. The van der Waals surface area contributed by atoms with Crippen LogP contribution in [0.3, 0.4) is 0 Å². The number of hydrogen-bond acceptors (Lipinski definition) is 4. The Morgan fingerprint density at radius 2 is 1.96 bits per heavy atom. The van der Waals surface area contributed by atoms with E-state index in [0.717, 1.165) is 13.1 Å². The number of β-amino-alcohol motifs (C(OH)–C–C–N with tert-alkyl or cyclic N) is 1. The van der Waals surface area contributed by atoms with Gasteiger partial charge < -0.3 is 15.1 Å². The van der Waals surface area contributed by atoms with Crippen molar-refractivity contribution in [2.45, 2.75) is 18.6 Å². The van der Waals surface area contributed by atoms with Crippen molar-refractivity contribution in [3.8, 4) is 5.75 Å². The van der Waals surface area contributed by atoms with Crippen LogP contribution in [0.2, 0.25) is 0 Å². The Labute approximate surface area is 148 Å². The van der Waals surface area contributed by atoms with Crippen molar-refractivity contribution in [2.75, 3.05) is 26.7 Å². The molecule has 3 rings (SSSR count). The molecule has 0 radical (unpaired) electrons. The van der Waals surface area contributed by atoms with E-state index in [-0.39, 0.29) is 18.2 Å². The Hall–Kier alpha value is -2.37. The fourth-order valence-corrected chi connectivity index (χ4v) is 3.42. The quantitative estimate of drug-likeness (QED) is 0.875. The van der Waals surface area contributed by atoms with Gasteiger partial charge in [-0.25, -0.2) is 0 Å². The van der Waals surface area contributed by atoms with E-state index in [4.69, 9.17) is 0 Å². The molecule has 1 saturated heterocycles. The minimum Gasteiger partial charge on any atom is -0.508 e. The number of phenolic OH excluding ortho intramolecular Hbond substituents is 1. The van der Waals surface area contributed by atoms with Gasteiger partial charge in [-0.2, -0.15) is 0 Å². The molecule has 1 aliphatic rings. The molecule has 0 aromatic heterocycles. The molecule has 132 valence electrons. The van der Waals surface area contributed by atoms with Crippen molar-refractivity contribution < 1.29 is 15.0 Å². The van der Waals surface area contributed by atoms with Gasteiger partial charge >= 0.3 is 0 Å². The number of hydrogen-bond donors (Lipinski definition) is 2. The van der Waals surface area contributed by atoms with Crippen LogP contribution in [0.25, 0.3) is 0 Å². The van der Waals surface area contributed by atoms with Crippen molar-refractivity contribution in [1.82, 2.24) is 9.80 Å². The average Bonchev–Trinajstić information content (AvgIpc) is 2.95. The highest BCUT2D eigenvalue weighted by atomic mass is 16.3. The van der Waals surface area contributed by atoms with Gasteiger partial charge in [0.05, 0.1) is 12.1 Å². The van der Waals surface area contributed by atoms with Gasteiger partial charge in [0.15, 0.2) is 0 Å². The van der Waals surface area contributed by atoms with Crippen LogP contribution < -0.4 is 0 Å². The third-order valence-corrected chi connectivity index (χ3v) is 4.63. The zero-order chi connectivity index (χ0) is 17.9. The van der Waals surface area contributed by atoms with Gasteiger partial charge in [0, 0.05) is 32.2 Å². The molecule has 2 N–H and O–H groups in total. The lowest BCUT2D eigenvalue weighted by molar-refractivity contribution is 0.0170. The first-order valence-electron chi connectivity index (χ1n) is 8.48. The van der Waals surface area contributed by atoms with Crippen LogP contribution in [0.5, 0.6) is 5.75 Å². The maximum atomic E-state index is 12.5. The van der Waals surface area contributed by atoms with Gasteiger partial charge in [-0.05, 0) is 30.2 Å². The highest BCUT2D eigenvalue weighted by molar-refractivity contribution is 5.94. The molecule has 1 atom stereocenters. The highest BCUT2D eigenvalue weighted by Gasteiger charge is 2.37. The molecule has 1 aliphatic heterocycles. The maximum Gasteiger partial charge on any atom is 0.253 e. The SMILES string of the molecule is CN(CC1(O)CCN(Cc2ccccc2)C1)C(=O)c1cccc(O)c1. The Balaban J connectivity index is 1.59. The van der Waals surface area contributed by atoms with Crippen molar-refractivity contribution in [3.63, 3.8) is 0 Å². The monoisotopic (exact) mass is 340 g/mol. The molecule has 5 heteroatoms. The number of benzene rings is 2. The van der Waals surface area contributed by atoms with E-state index >= 15 is 0 Å². The number of aromatic hydroxyl groups is 1. The number of carbonyl (C=O) groups is 1. The Kier molecular flexibility index (Phi) is 5.06. The summed E-state index contributed by atoms with van der Waals surface area (Å²) in [5, 5.41) is 20.4. The number of carbonyl (C=O) groups excluding carboxylic acids is 1. The predicted octanol–water partition coefficient (Wildman–Crippen LogP) is 2.10. The van der Waals surface area contributed by atoms with E-state index in [9.17, 15) is 15.0 Å². The molecule has 1 fully saturated rings. The topological polar surface area (TPSA) is 64.0 Å². The largest absolute Gasteiger partial charge is 0.508 e. The molecule has 0 spiro atoms.